The van der Waals surface area contributed by atoms with Crippen LogP contribution >= 0.6 is 10.0 Å². The van der Waals surface area contributed by atoms with Crippen LogP contribution in [0.2, 0.25) is 11.5 Å². The quantitative estimate of drug-likeness (QED) is 0.473. The Morgan fingerprint density at radius 1 is 0.800 bits per heavy atom. The average Bonchev–Trinajstić information content (AvgIpc) is 2.83. The van der Waals surface area contributed by atoms with Gasteiger partial charge in [0.2, 0.25) is 0 Å². The van der Waals surface area contributed by atoms with Crippen molar-refractivity contribution in [1.29, 1.82) is 0 Å². The van der Waals surface area contributed by atoms with Gasteiger partial charge < -0.3 is 6.42 Å². The Balaban J connectivity index is 0. The van der Waals surface area contributed by atoms with Crippen LogP contribution in [-0.2, 0) is 17.1 Å². The monoisotopic (exact) mass is 324 g/mol. The van der Waals surface area contributed by atoms with Crippen molar-refractivity contribution in [3.8, 4) is 0 Å². The number of rotatable bonds is 0. The second-order valence-electron chi connectivity index (χ2n) is 2.73. The molecule has 0 nitrogen and oxygen atoms in total. The summed E-state index contributed by atoms with van der Waals surface area (Å²) in [4.78, 5) is 0. The van der Waals surface area contributed by atoms with Crippen LogP contribution in [-0.4, -0.2) is 13.4 Å². The molecule has 81 valence electrons. The Kier molecular flexibility index (Phi) is 19.1. The van der Waals surface area contributed by atoms with Crippen LogP contribution in [0.4, 0.5) is 0 Å². The molecule has 0 heterocycles. The summed E-state index contributed by atoms with van der Waals surface area (Å²) in [5.74, 6) is 4.20. The van der Waals surface area contributed by atoms with Gasteiger partial charge in [-0.05, 0) is 32.1 Å². The zero-order valence-electron chi connectivity index (χ0n) is 8.93. The molecule has 2 saturated carbocycles. The molecule has 15 heavy (non-hydrogen) atoms. The third-order valence-corrected chi connectivity index (χ3v) is 1.05. The van der Waals surface area contributed by atoms with Gasteiger partial charge in [-0.2, -0.15) is 0 Å². The van der Waals surface area contributed by atoms with Crippen molar-refractivity contribution in [2.75, 3.05) is 0 Å². The number of hydrogen-bond acceptors (Lipinski definition) is 0. The van der Waals surface area contributed by atoms with Gasteiger partial charge in [-0.25, -0.2) is 12.8 Å². The van der Waals surface area contributed by atoms with Crippen LogP contribution in [0, 0.1) is 64.2 Å². The third-order valence-electron chi connectivity index (χ3n) is 1.05. The third kappa shape index (κ3) is 21.2. The van der Waals surface area contributed by atoms with Gasteiger partial charge in [0.1, 0.15) is 0 Å². The Morgan fingerprint density at radius 3 is 1.20 bits per heavy atom. The predicted octanol–water partition coefficient (Wildman–Crippen LogP) is 3.39. The van der Waals surface area contributed by atoms with Crippen molar-refractivity contribution in [2.24, 2.45) is 0 Å². The normalized spacial score (nSPS) is 18.4. The second-order valence-corrected chi connectivity index (χ2v) is 10.3. The average molecular weight is 323 g/mol. The zero-order valence-corrected chi connectivity index (χ0v) is 12.9. The fourth-order valence-electron chi connectivity index (χ4n) is 0.599. The molecule has 0 spiro atoms. The minimum absolute atomic E-state index is 0. The molecule has 0 aromatic carbocycles. The first-order valence-corrected chi connectivity index (χ1v) is 11.4. The van der Waals surface area contributed by atoms with Gasteiger partial charge in [-0.15, -0.1) is 0 Å². The first-order valence-electron chi connectivity index (χ1n) is 4.43. The molecule has 2 fully saturated rings. The predicted molar refractivity (Wildman–Crippen MR) is 65.3 cm³/mol. The van der Waals surface area contributed by atoms with Gasteiger partial charge in [-0.3, -0.25) is 0 Å². The van der Waals surface area contributed by atoms with E-state index in [4.69, 9.17) is 10.0 Å². The number of hydrogen-bond donors (Lipinski definition) is 0. The van der Waals surface area contributed by atoms with Gasteiger partial charge in [0, 0.05) is 0 Å². The summed E-state index contributed by atoms with van der Waals surface area (Å²) < 4.78 is 0. The molecule has 0 unspecified atom stereocenters. The van der Waals surface area contributed by atoms with Crippen molar-refractivity contribution < 1.29 is 17.1 Å². The van der Waals surface area contributed by atoms with Gasteiger partial charge in [0.05, 0.1) is 0 Å². The minimum Gasteiger partial charge on any atom is -0.0312 e. The Bertz CT molecular complexity index is 73.8. The van der Waals surface area contributed by atoms with Crippen molar-refractivity contribution in [3.05, 3.63) is 64.2 Å². The summed E-state index contributed by atoms with van der Waals surface area (Å²) in [5.41, 5.74) is 0. The molecular weight excluding hydrogens is 308 g/mol. The Morgan fingerprint density at radius 2 is 1.07 bits per heavy atom. The standard InChI is InChI=1S/C5H5.C5H4.C2H6ClGe.Fe/c2*1-2-4-5-3-1;1-4(2)3;/h1-5H;1-4H;1-2H3;/q;-1;;+2. The Hall–Kier alpha value is 1.35. The maximum Gasteiger partial charge on any atom is 2.00 e. The van der Waals surface area contributed by atoms with Gasteiger partial charge in [0.25, 0.3) is 0 Å². The summed E-state index contributed by atoms with van der Waals surface area (Å²) in [5, 5.41) is 0. The van der Waals surface area contributed by atoms with Crippen LogP contribution in [0.1, 0.15) is 0 Å². The molecule has 2 aliphatic rings. The van der Waals surface area contributed by atoms with E-state index in [2.05, 4.69) is 17.9 Å². The first kappa shape index (κ1) is 18.7. The van der Waals surface area contributed by atoms with Crippen LogP contribution in [0.5, 0.6) is 0 Å². The summed E-state index contributed by atoms with van der Waals surface area (Å²) in [6, 6.07) is 0. The summed E-state index contributed by atoms with van der Waals surface area (Å²) >= 11 is -0.861. The van der Waals surface area contributed by atoms with Crippen LogP contribution < -0.4 is 0 Å². The van der Waals surface area contributed by atoms with Gasteiger partial charge in [-0.1, -0.05) is 12.8 Å². The van der Waals surface area contributed by atoms with Crippen molar-refractivity contribution in [1.82, 2.24) is 0 Å². The minimum atomic E-state index is -0.861. The SMILES string of the molecule is [C-]1[CH][CH][CH][CH]1.[CH3][Ge]([CH3])[Cl].[CH]1[CH][CH][CH][CH]1.[Fe+2]. The molecule has 2 aliphatic carbocycles. The van der Waals surface area contributed by atoms with E-state index in [9.17, 15) is 0 Å². The Labute approximate surface area is 116 Å². The van der Waals surface area contributed by atoms with Crippen molar-refractivity contribution >= 4 is 23.4 Å². The van der Waals surface area contributed by atoms with E-state index in [0.717, 1.165) is 0 Å². The summed E-state index contributed by atoms with van der Waals surface area (Å²) in [6.07, 6.45) is 20.5. The molecule has 0 saturated heterocycles. The maximum absolute atomic E-state index is 5.44. The van der Waals surface area contributed by atoms with E-state index < -0.39 is 13.4 Å². The smallest absolute Gasteiger partial charge is 0.0312 e. The van der Waals surface area contributed by atoms with E-state index in [-0.39, 0.29) is 17.1 Å². The van der Waals surface area contributed by atoms with E-state index in [1.54, 1.807) is 0 Å². The topological polar surface area (TPSA) is 0 Å². The fourth-order valence-corrected chi connectivity index (χ4v) is 0.599. The van der Waals surface area contributed by atoms with E-state index >= 15 is 0 Å². The van der Waals surface area contributed by atoms with E-state index in [1.807, 2.05) is 57.8 Å². The van der Waals surface area contributed by atoms with Crippen LogP contribution in [0.25, 0.3) is 0 Å². The molecule has 11 radical (unpaired) electrons. The fraction of sp³-hybridized carbons (Fsp3) is 0.167. The van der Waals surface area contributed by atoms with Gasteiger partial charge >= 0.3 is 52.0 Å². The molecule has 0 atom stereocenters. The molecule has 0 amide bonds. The van der Waals surface area contributed by atoms with Crippen molar-refractivity contribution in [2.45, 2.75) is 11.5 Å². The summed E-state index contributed by atoms with van der Waals surface area (Å²) in [7, 11) is 5.44. The van der Waals surface area contributed by atoms with Gasteiger partial charge in [0.15, 0.2) is 0 Å². The second kappa shape index (κ2) is 15.4. The molecule has 0 N–H and O–H groups in total. The van der Waals surface area contributed by atoms with Crippen LogP contribution in [0.3, 0.4) is 0 Å². The number of halogens is 1. The molecule has 0 aromatic rings. The molecule has 0 aliphatic heterocycles. The molecule has 2 rings (SSSR count). The first-order chi connectivity index (χ1) is 6.73. The largest absolute Gasteiger partial charge is 2.00 e. The van der Waals surface area contributed by atoms with E-state index in [0.29, 0.717) is 0 Å². The summed E-state index contributed by atoms with van der Waals surface area (Å²) in [6.45, 7) is 0. The molecular formula is C12H15ClFeGe+. The van der Waals surface area contributed by atoms with E-state index in [1.165, 1.54) is 0 Å². The van der Waals surface area contributed by atoms with Crippen molar-refractivity contribution in [3.63, 3.8) is 0 Å². The molecule has 0 aromatic heterocycles. The maximum atomic E-state index is 5.44. The van der Waals surface area contributed by atoms with Crippen LogP contribution in [0.15, 0.2) is 0 Å². The molecule has 3 heteroatoms. The molecule has 0 bridgehead atoms. The zero-order chi connectivity index (χ0) is 10.6.